The molecule has 0 bridgehead atoms. The number of nitriles is 1. The summed E-state index contributed by atoms with van der Waals surface area (Å²) < 4.78 is 15.9. The van der Waals surface area contributed by atoms with Crippen molar-refractivity contribution in [3.63, 3.8) is 0 Å². The van der Waals surface area contributed by atoms with Crippen molar-refractivity contribution in [1.82, 2.24) is 0 Å². The monoisotopic (exact) mass is 282 g/mol. The predicted octanol–water partition coefficient (Wildman–Crippen LogP) is 2.91. The molecule has 0 aromatic heterocycles. The highest BCUT2D eigenvalue weighted by Gasteiger charge is 2.13. The summed E-state index contributed by atoms with van der Waals surface area (Å²) in [5.41, 5.74) is 2.49. The first-order chi connectivity index (χ1) is 10.3. The molecule has 0 fully saturated rings. The lowest BCUT2D eigenvalue weighted by molar-refractivity contribution is 0.174. The number of rotatable bonds is 4. The Morgan fingerprint density at radius 1 is 1.19 bits per heavy atom. The van der Waals surface area contributed by atoms with Crippen LogP contribution >= 0.6 is 0 Å². The van der Waals surface area contributed by atoms with Crippen molar-refractivity contribution in [3.8, 4) is 23.3 Å². The lowest BCUT2D eigenvalue weighted by Gasteiger charge is -2.11. The minimum atomic E-state index is 0.273. The second-order valence-corrected chi connectivity index (χ2v) is 4.57. The van der Waals surface area contributed by atoms with Crippen LogP contribution in [0.25, 0.3) is 0 Å². The first-order valence-electron chi connectivity index (χ1n) is 6.50. The highest BCUT2D eigenvalue weighted by molar-refractivity contribution is 5.59. The zero-order valence-electron chi connectivity index (χ0n) is 11.6. The molecule has 1 aliphatic heterocycles. The summed E-state index contributed by atoms with van der Waals surface area (Å²) in [6, 6.07) is 13.2. The molecule has 5 heteroatoms. The standard InChI is InChI=1S/C16H14N2O3/c1-19-15-6-11(8-17)2-4-13(15)18-9-12-3-5-14-16(7-12)21-10-20-14/h2-7,18H,9-10H2,1H3. The van der Waals surface area contributed by atoms with E-state index < -0.39 is 0 Å². The largest absolute Gasteiger partial charge is 0.495 e. The van der Waals surface area contributed by atoms with Crippen LogP contribution in [0.1, 0.15) is 11.1 Å². The maximum Gasteiger partial charge on any atom is 0.231 e. The van der Waals surface area contributed by atoms with Crippen LogP contribution in [0.2, 0.25) is 0 Å². The van der Waals surface area contributed by atoms with Crippen LogP contribution in [0.3, 0.4) is 0 Å². The molecule has 1 heterocycles. The molecule has 106 valence electrons. The van der Waals surface area contributed by atoms with Gasteiger partial charge in [-0.15, -0.1) is 0 Å². The molecule has 5 nitrogen and oxygen atoms in total. The van der Waals surface area contributed by atoms with Gasteiger partial charge in [0.25, 0.3) is 0 Å². The molecule has 0 unspecified atom stereocenters. The minimum Gasteiger partial charge on any atom is -0.495 e. The topological polar surface area (TPSA) is 63.5 Å². The molecule has 0 saturated carbocycles. The lowest BCUT2D eigenvalue weighted by Crippen LogP contribution is -2.01. The number of ether oxygens (including phenoxy) is 3. The number of methoxy groups -OCH3 is 1. The molecule has 21 heavy (non-hydrogen) atoms. The van der Waals surface area contributed by atoms with Crippen molar-refractivity contribution in [2.45, 2.75) is 6.54 Å². The highest BCUT2D eigenvalue weighted by Crippen LogP contribution is 2.33. The van der Waals surface area contributed by atoms with Crippen LogP contribution in [0, 0.1) is 11.3 Å². The van der Waals surface area contributed by atoms with Gasteiger partial charge >= 0.3 is 0 Å². The quantitative estimate of drug-likeness (QED) is 0.934. The Morgan fingerprint density at radius 3 is 2.86 bits per heavy atom. The maximum absolute atomic E-state index is 8.89. The van der Waals surface area contributed by atoms with E-state index in [1.54, 1.807) is 19.2 Å². The van der Waals surface area contributed by atoms with Gasteiger partial charge in [0.05, 0.1) is 24.4 Å². The van der Waals surface area contributed by atoms with Crippen molar-refractivity contribution >= 4 is 5.69 Å². The first kappa shape index (κ1) is 13.1. The van der Waals surface area contributed by atoms with E-state index in [2.05, 4.69) is 11.4 Å². The molecule has 2 aromatic carbocycles. The fourth-order valence-corrected chi connectivity index (χ4v) is 2.16. The Hall–Kier alpha value is -2.87. The van der Waals surface area contributed by atoms with Crippen LogP contribution < -0.4 is 19.5 Å². The zero-order valence-corrected chi connectivity index (χ0v) is 11.6. The van der Waals surface area contributed by atoms with Gasteiger partial charge in [-0.05, 0) is 29.8 Å². The number of nitrogens with one attached hydrogen (secondary N) is 1. The molecule has 3 rings (SSSR count). The summed E-state index contributed by atoms with van der Waals surface area (Å²) in [5.74, 6) is 2.19. The Labute approximate surface area is 122 Å². The molecular formula is C16H14N2O3. The number of anilines is 1. The molecule has 0 atom stereocenters. The third-order valence-corrected chi connectivity index (χ3v) is 3.25. The van der Waals surface area contributed by atoms with Crippen LogP contribution in [-0.2, 0) is 6.54 Å². The fourth-order valence-electron chi connectivity index (χ4n) is 2.16. The van der Waals surface area contributed by atoms with E-state index >= 15 is 0 Å². The van der Waals surface area contributed by atoms with Gasteiger partial charge in [0.2, 0.25) is 6.79 Å². The Kier molecular flexibility index (Phi) is 3.52. The molecule has 0 saturated heterocycles. The predicted molar refractivity (Wildman–Crippen MR) is 77.6 cm³/mol. The smallest absolute Gasteiger partial charge is 0.231 e. The average Bonchev–Trinajstić information content (AvgIpc) is 3.00. The summed E-state index contributed by atoms with van der Waals surface area (Å²) in [7, 11) is 1.59. The molecule has 0 spiro atoms. The van der Waals surface area contributed by atoms with Gasteiger partial charge in [0.1, 0.15) is 5.75 Å². The van der Waals surface area contributed by atoms with Gasteiger partial charge in [-0.25, -0.2) is 0 Å². The Morgan fingerprint density at radius 2 is 2.05 bits per heavy atom. The number of benzene rings is 2. The third kappa shape index (κ3) is 2.70. The Bertz CT molecular complexity index is 707. The third-order valence-electron chi connectivity index (χ3n) is 3.25. The SMILES string of the molecule is COc1cc(C#N)ccc1NCc1ccc2c(c1)OCO2. The van der Waals surface area contributed by atoms with Crippen molar-refractivity contribution in [1.29, 1.82) is 5.26 Å². The molecule has 0 amide bonds. The van der Waals surface area contributed by atoms with Crippen molar-refractivity contribution in [2.75, 3.05) is 19.2 Å². The molecule has 2 aromatic rings. The van der Waals surface area contributed by atoms with Crippen molar-refractivity contribution < 1.29 is 14.2 Å². The van der Waals surface area contributed by atoms with E-state index in [1.165, 1.54) is 0 Å². The van der Waals surface area contributed by atoms with E-state index in [0.717, 1.165) is 22.7 Å². The van der Waals surface area contributed by atoms with Gasteiger partial charge in [0.15, 0.2) is 11.5 Å². The van der Waals surface area contributed by atoms with Crippen molar-refractivity contribution in [3.05, 3.63) is 47.5 Å². The summed E-state index contributed by atoms with van der Waals surface area (Å²) in [5, 5.41) is 12.2. The average molecular weight is 282 g/mol. The normalized spacial score (nSPS) is 11.8. The van der Waals surface area contributed by atoms with E-state index in [9.17, 15) is 0 Å². The Balaban J connectivity index is 1.74. The van der Waals surface area contributed by atoms with E-state index in [-0.39, 0.29) is 6.79 Å². The van der Waals surface area contributed by atoms with Gasteiger partial charge in [-0.3, -0.25) is 0 Å². The van der Waals surface area contributed by atoms with Gasteiger partial charge in [-0.2, -0.15) is 5.26 Å². The van der Waals surface area contributed by atoms with Gasteiger partial charge < -0.3 is 19.5 Å². The summed E-state index contributed by atoms with van der Waals surface area (Å²) >= 11 is 0. The molecule has 1 aliphatic rings. The number of nitrogens with zero attached hydrogens (tertiary/aromatic N) is 1. The summed E-state index contributed by atoms with van der Waals surface area (Å²) in [6.45, 7) is 0.897. The van der Waals surface area contributed by atoms with E-state index in [4.69, 9.17) is 19.5 Å². The van der Waals surface area contributed by atoms with Gasteiger partial charge in [-0.1, -0.05) is 6.07 Å². The summed E-state index contributed by atoms with van der Waals surface area (Å²) in [6.07, 6.45) is 0. The number of hydrogen-bond acceptors (Lipinski definition) is 5. The van der Waals surface area contributed by atoms with Crippen LogP contribution in [0.4, 0.5) is 5.69 Å². The zero-order chi connectivity index (χ0) is 14.7. The van der Waals surface area contributed by atoms with Crippen LogP contribution in [0.5, 0.6) is 17.2 Å². The second-order valence-electron chi connectivity index (χ2n) is 4.57. The highest BCUT2D eigenvalue weighted by atomic mass is 16.7. The minimum absolute atomic E-state index is 0.273. The van der Waals surface area contributed by atoms with Crippen LogP contribution in [0.15, 0.2) is 36.4 Å². The molecule has 0 aliphatic carbocycles. The summed E-state index contributed by atoms with van der Waals surface area (Å²) in [4.78, 5) is 0. The van der Waals surface area contributed by atoms with Gasteiger partial charge in [0, 0.05) is 12.6 Å². The fraction of sp³-hybridized carbons (Fsp3) is 0.188. The first-order valence-corrected chi connectivity index (χ1v) is 6.50. The molecular weight excluding hydrogens is 268 g/mol. The number of hydrogen-bond donors (Lipinski definition) is 1. The van der Waals surface area contributed by atoms with Crippen LogP contribution in [-0.4, -0.2) is 13.9 Å². The second kappa shape index (κ2) is 5.63. The lowest BCUT2D eigenvalue weighted by atomic mass is 10.1. The molecule has 0 radical (unpaired) electrons. The maximum atomic E-state index is 8.89. The van der Waals surface area contributed by atoms with Crippen molar-refractivity contribution in [2.24, 2.45) is 0 Å². The van der Waals surface area contributed by atoms with E-state index in [1.807, 2.05) is 24.3 Å². The van der Waals surface area contributed by atoms with E-state index in [0.29, 0.717) is 17.9 Å². The number of fused-ring (bicyclic) bond motifs is 1. The molecule has 1 N–H and O–H groups in total.